The van der Waals surface area contributed by atoms with Crippen LogP contribution >= 0.6 is 0 Å². The third-order valence-corrected chi connectivity index (χ3v) is 5.16. The molecular weight excluding hydrogens is 388 g/mol. The Morgan fingerprint density at radius 2 is 1.97 bits per heavy atom. The fourth-order valence-electron chi connectivity index (χ4n) is 3.48. The minimum atomic E-state index is -0.719. The molecule has 0 unspecified atom stereocenters. The molecule has 1 amide bonds. The van der Waals surface area contributed by atoms with E-state index in [1.807, 2.05) is 19.1 Å². The first-order chi connectivity index (χ1) is 14.4. The van der Waals surface area contributed by atoms with Crippen LogP contribution in [0.2, 0.25) is 0 Å². The van der Waals surface area contributed by atoms with Gasteiger partial charge in [0.05, 0.1) is 18.9 Å². The van der Waals surface area contributed by atoms with Crippen LogP contribution in [0.3, 0.4) is 0 Å². The van der Waals surface area contributed by atoms with Crippen molar-refractivity contribution in [2.24, 2.45) is 5.10 Å². The summed E-state index contributed by atoms with van der Waals surface area (Å²) in [5.41, 5.74) is -0.367. The molecule has 1 aliphatic rings. The Hall–Kier alpha value is -3.36. The van der Waals surface area contributed by atoms with Crippen molar-refractivity contribution in [3.8, 4) is 11.6 Å². The quantitative estimate of drug-likeness (QED) is 0.720. The van der Waals surface area contributed by atoms with Crippen LogP contribution in [0, 0.1) is 0 Å². The summed E-state index contributed by atoms with van der Waals surface area (Å²) < 4.78 is 6.32. The standard InChI is InChI=1S/C21H26N4O5/c1-4-6-11-24-20(28)18(19(27)22-21(24)29)15-12-16(25(23-15)17(26)5-2)13-7-9-14(30-3)10-8-13/h7-10,16,28H,4-6,11-12H2,1-3H3,(H,22,27,29)/t16-/m0/s1. The van der Waals surface area contributed by atoms with Gasteiger partial charge in [-0.1, -0.05) is 32.4 Å². The number of benzene rings is 1. The van der Waals surface area contributed by atoms with E-state index >= 15 is 0 Å². The summed E-state index contributed by atoms with van der Waals surface area (Å²) in [5.74, 6) is 0.0552. The van der Waals surface area contributed by atoms with E-state index in [1.165, 1.54) is 5.01 Å². The number of nitrogens with zero attached hydrogens (tertiary/aromatic N) is 3. The van der Waals surface area contributed by atoms with E-state index < -0.39 is 23.2 Å². The van der Waals surface area contributed by atoms with Gasteiger partial charge in [-0.25, -0.2) is 9.80 Å². The molecule has 0 aliphatic carbocycles. The second-order valence-electron chi connectivity index (χ2n) is 7.09. The molecule has 1 aromatic heterocycles. The fourth-order valence-corrected chi connectivity index (χ4v) is 3.48. The molecule has 0 bridgehead atoms. The van der Waals surface area contributed by atoms with Crippen molar-refractivity contribution in [3.63, 3.8) is 0 Å². The molecule has 9 nitrogen and oxygen atoms in total. The zero-order chi connectivity index (χ0) is 21.8. The lowest BCUT2D eigenvalue weighted by Crippen LogP contribution is -2.33. The van der Waals surface area contributed by atoms with Crippen molar-refractivity contribution in [1.82, 2.24) is 14.6 Å². The Balaban J connectivity index is 2.05. The number of methoxy groups -OCH3 is 1. The highest BCUT2D eigenvalue weighted by atomic mass is 16.5. The number of aromatic amines is 1. The maximum Gasteiger partial charge on any atom is 0.331 e. The van der Waals surface area contributed by atoms with Gasteiger partial charge in [0.25, 0.3) is 5.56 Å². The molecule has 0 saturated heterocycles. The zero-order valence-corrected chi connectivity index (χ0v) is 17.3. The molecule has 0 saturated carbocycles. The average Bonchev–Trinajstić information content (AvgIpc) is 3.17. The van der Waals surface area contributed by atoms with Crippen LogP contribution in [0.5, 0.6) is 11.6 Å². The van der Waals surface area contributed by atoms with Crippen LogP contribution in [0.4, 0.5) is 0 Å². The predicted octanol–water partition coefficient (Wildman–Crippen LogP) is 2.14. The molecule has 2 aromatic rings. The molecule has 2 N–H and O–H groups in total. The van der Waals surface area contributed by atoms with Gasteiger partial charge < -0.3 is 9.84 Å². The normalized spacial score (nSPS) is 15.9. The highest BCUT2D eigenvalue weighted by molar-refractivity contribution is 6.04. The number of aromatic hydroxyl groups is 1. The number of carbonyl (C=O) groups excluding carboxylic acids is 1. The highest BCUT2D eigenvalue weighted by Crippen LogP contribution is 2.34. The lowest BCUT2D eigenvalue weighted by molar-refractivity contribution is -0.132. The molecule has 0 spiro atoms. The smallest absolute Gasteiger partial charge is 0.331 e. The topological polar surface area (TPSA) is 117 Å². The van der Waals surface area contributed by atoms with Gasteiger partial charge in [0.15, 0.2) is 0 Å². The molecule has 0 fully saturated rings. The molecule has 30 heavy (non-hydrogen) atoms. The molecule has 160 valence electrons. The summed E-state index contributed by atoms with van der Waals surface area (Å²) >= 11 is 0. The number of hydrogen-bond acceptors (Lipinski definition) is 6. The summed E-state index contributed by atoms with van der Waals surface area (Å²) in [6.45, 7) is 3.97. The van der Waals surface area contributed by atoms with E-state index in [0.717, 1.165) is 16.6 Å². The molecule has 0 radical (unpaired) electrons. The number of unbranched alkanes of at least 4 members (excludes halogenated alkanes) is 1. The number of amides is 1. The third-order valence-electron chi connectivity index (χ3n) is 5.16. The molecule has 9 heteroatoms. The first-order valence-corrected chi connectivity index (χ1v) is 10.0. The van der Waals surface area contributed by atoms with Gasteiger partial charge >= 0.3 is 5.69 Å². The second kappa shape index (κ2) is 8.98. The van der Waals surface area contributed by atoms with E-state index in [2.05, 4.69) is 10.1 Å². The van der Waals surface area contributed by atoms with Gasteiger partial charge in [-0.3, -0.25) is 19.1 Å². The van der Waals surface area contributed by atoms with E-state index in [1.54, 1.807) is 26.2 Å². The number of carbonyl (C=O) groups is 1. The Bertz CT molecular complexity index is 1070. The summed E-state index contributed by atoms with van der Waals surface area (Å²) in [5, 5.41) is 16.4. The monoisotopic (exact) mass is 414 g/mol. The number of ether oxygens (including phenoxy) is 1. The van der Waals surface area contributed by atoms with Gasteiger partial charge in [-0.2, -0.15) is 5.10 Å². The van der Waals surface area contributed by atoms with Crippen molar-refractivity contribution < 1.29 is 14.6 Å². The zero-order valence-electron chi connectivity index (χ0n) is 17.3. The molecule has 1 aromatic carbocycles. The van der Waals surface area contributed by atoms with Crippen LogP contribution in [-0.4, -0.2) is 38.4 Å². The largest absolute Gasteiger partial charge is 0.497 e. The Labute approximate surface area is 173 Å². The first-order valence-electron chi connectivity index (χ1n) is 10.0. The van der Waals surface area contributed by atoms with Crippen LogP contribution < -0.4 is 16.0 Å². The van der Waals surface area contributed by atoms with Crippen molar-refractivity contribution in [3.05, 3.63) is 56.2 Å². The minimum absolute atomic E-state index is 0.0735. The Kier molecular flexibility index (Phi) is 6.39. The average molecular weight is 414 g/mol. The van der Waals surface area contributed by atoms with E-state index in [-0.39, 0.29) is 36.6 Å². The lowest BCUT2D eigenvalue weighted by atomic mass is 9.99. The molecular formula is C21H26N4O5. The third kappa shape index (κ3) is 4.00. The molecule has 2 heterocycles. The second-order valence-corrected chi connectivity index (χ2v) is 7.09. The van der Waals surface area contributed by atoms with Crippen LogP contribution in [0.25, 0.3) is 0 Å². The van der Waals surface area contributed by atoms with Gasteiger partial charge in [0.2, 0.25) is 11.8 Å². The minimum Gasteiger partial charge on any atom is -0.497 e. The number of H-pyrrole nitrogens is 1. The van der Waals surface area contributed by atoms with E-state index in [9.17, 15) is 19.5 Å². The van der Waals surface area contributed by atoms with Crippen molar-refractivity contribution in [2.75, 3.05) is 7.11 Å². The summed E-state index contributed by atoms with van der Waals surface area (Å²) in [7, 11) is 1.57. The van der Waals surface area contributed by atoms with Crippen molar-refractivity contribution in [1.29, 1.82) is 0 Å². The van der Waals surface area contributed by atoms with Crippen LogP contribution in [-0.2, 0) is 11.3 Å². The SMILES string of the molecule is CCCCn1c(O)c(C2=NN(C(=O)CC)[C@H](c3ccc(OC)cc3)C2)c(=O)[nH]c1=O. The maximum atomic E-state index is 12.5. The summed E-state index contributed by atoms with van der Waals surface area (Å²) in [4.78, 5) is 39.4. The lowest BCUT2D eigenvalue weighted by Gasteiger charge is -2.21. The Morgan fingerprint density at radius 3 is 2.57 bits per heavy atom. The Morgan fingerprint density at radius 1 is 1.27 bits per heavy atom. The van der Waals surface area contributed by atoms with Gasteiger partial charge in [0.1, 0.15) is 11.3 Å². The predicted molar refractivity (Wildman–Crippen MR) is 112 cm³/mol. The maximum absolute atomic E-state index is 12.5. The first kappa shape index (κ1) is 21.4. The number of nitrogens with one attached hydrogen (secondary N) is 1. The number of rotatable bonds is 7. The van der Waals surface area contributed by atoms with E-state index in [0.29, 0.717) is 12.2 Å². The molecule has 1 aliphatic heterocycles. The van der Waals surface area contributed by atoms with Gasteiger partial charge in [-0.05, 0) is 24.1 Å². The fraction of sp³-hybridized carbons (Fsp3) is 0.429. The summed E-state index contributed by atoms with van der Waals surface area (Å²) in [6.07, 6.45) is 1.96. The van der Waals surface area contributed by atoms with Crippen LogP contribution in [0.1, 0.15) is 56.7 Å². The van der Waals surface area contributed by atoms with Crippen LogP contribution in [0.15, 0.2) is 39.0 Å². The number of aromatic nitrogens is 2. The van der Waals surface area contributed by atoms with Crippen molar-refractivity contribution >= 4 is 11.6 Å². The van der Waals surface area contributed by atoms with Gasteiger partial charge in [-0.15, -0.1) is 0 Å². The number of hydrogen-bond donors (Lipinski definition) is 2. The molecule has 1 atom stereocenters. The van der Waals surface area contributed by atoms with E-state index in [4.69, 9.17) is 4.74 Å². The van der Waals surface area contributed by atoms with Crippen molar-refractivity contribution in [2.45, 2.75) is 52.1 Å². The van der Waals surface area contributed by atoms with Gasteiger partial charge in [0, 0.05) is 19.4 Å². The highest BCUT2D eigenvalue weighted by Gasteiger charge is 2.35. The molecule has 3 rings (SSSR count). The number of hydrazone groups is 1. The summed E-state index contributed by atoms with van der Waals surface area (Å²) in [6, 6.07) is 6.83.